The van der Waals surface area contributed by atoms with Gasteiger partial charge in [0.2, 0.25) is 11.9 Å². The van der Waals surface area contributed by atoms with E-state index in [1.54, 1.807) is 12.1 Å². The van der Waals surface area contributed by atoms with Crippen LogP contribution in [0.5, 0.6) is 0 Å². The number of benzene rings is 1. The molecule has 0 radical (unpaired) electrons. The Morgan fingerprint density at radius 2 is 1.96 bits per heavy atom. The summed E-state index contributed by atoms with van der Waals surface area (Å²) in [5.74, 6) is 1.11. The Labute approximate surface area is 131 Å². The molecule has 3 N–H and O–H groups in total. The second kappa shape index (κ2) is 5.43. The number of nitrogens with zero attached hydrogens (tertiary/aromatic N) is 6. The van der Waals surface area contributed by atoms with Gasteiger partial charge < -0.3 is 16.0 Å². The molecule has 9 heteroatoms. The number of hydrogen-bond donors (Lipinski definition) is 2. The molecule has 3 heterocycles. The van der Waals surface area contributed by atoms with Crippen LogP contribution in [0.2, 0.25) is 0 Å². The van der Waals surface area contributed by atoms with Gasteiger partial charge >= 0.3 is 0 Å². The third-order valence-corrected chi connectivity index (χ3v) is 3.70. The van der Waals surface area contributed by atoms with Gasteiger partial charge in [0.25, 0.3) is 5.78 Å². The molecule has 0 atom stereocenters. The fourth-order valence-electron chi connectivity index (χ4n) is 2.55. The summed E-state index contributed by atoms with van der Waals surface area (Å²) in [6.45, 7) is 3.35. The molecule has 1 saturated heterocycles. The summed E-state index contributed by atoms with van der Waals surface area (Å²) < 4.78 is 14.7. The lowest BCUT2D eigenvalue weighted by molar-refractivity contribution is 0.579. The van der Waals surface area contributed by atoms with Crippen LogP contribution in [0.25, 0.3) is 17.2 Å². The van der Waals surface area contributed by atoms with E-state index in [0.717, 1.165) is 26.2 Å². The minimum Gasteiger partial charge on any atom is -0.368 e. The Kier molecular flexibility index (Phi) is 3.27. The molecule has 8 nitrogen and oxygen atoms in total. The summed E-state index contributed by atoms with van der Waals surface area (Å²) in [5.41, 5.74) is 6.55. The van der Waals surface area contributed by atoms with Crippen molar-refractivity contribution in [2.75, 3.05) is 36.8 Å². The van der Waals surface area contributed by atoms with Crippen molar-refractivity contribution in [1.29, 1.82) is 0 Å². The van der Waals surface area contributed by atoms with E-state index in [4.69, 9.17) is 5.73 Å². The van der Waals surface area contributed by atoms with Crippen LogP contribution in [0.4, 0.5) is 16.3 Å². The summed E-state index contributed by atoms with van der Waals surface area (Å²) >= 11 is 0. The van der Waals surface area contributed by atoms with Crippen LogP contribution in [0.1, 0.15) is 0 Å². The predicted molar refractivity (Wildman–Crippen MR) is 83.5 cm³/mol. The van der Waals surface area contributed by atoms with Gasteiger partial charge in [0.05, 0.1) is 0 Å². The third kappa shape index (κ3) is 2.55. The molecular formula is C14H15FN8. The van der Waals surface area contributed by atoms with E-state index in [9.17, 15) is 4.39 Å². The molecule has 1 aromatic carbocycles. The first-order chi connectivity index (χ1) is 11.2. The molecule has 3 aromatic rings. The zero-order valence-electron chi connectivity index (χ0n) is 12.3. The van der Waals surface area contributed by atoms with Crippen LogP contribution < -0.4 is 16.0 Å². The Morgan fingerprint density at radius 3 is 2.74 bits per heavy atom. The Bertz CT molecular complexity index is 855. The number of rotatable bonds is 2. The maximum Gasteiger partial charge on any atom is 0.259 e. The van der Waals surface area contributed by atoms with Gasteiger partial charge in [-0.1, -0.05) is 12.1 Å². The lowest BCUT2D eigenvalue weighted by Gasteiger charge is -2.27. The highest BCUT2D eigenvalue weighted by molar-refractivity contribution is 5.58. The lowest BCUT2D eigenvalue weighted by atomic mass is 10.2. The maximum atomic E-state index is 13.4. The number of piperazine rings is 1. The summed E-state index contributed by atoms with van der Waals surface area (Å²) in [6.07, 6.45) is 0. The molecule has 1 aliphatic rings. The number of nitrogen functional groups attached to an aromatic ring is 1. The molecule has 0 spiro atoms. The number of nitrogens with one attached hydrogen (secondary N) is 1. The topological polar surface area (TPSA) is 97.3 Å². The molecule has 0 bridgehead atoms. The van der Waals surface area contributed by atoms with Gasteiger partial charge in [-0.2, -0.15) is 19.5 Å². The molecule has 0 aliphatic carbocycles. The van der Waals surface area contributed by atoms with E-state index in [0.29, 0.717) is 23.1 Å². The average Bonchev–Trinajstić information content (AvgIpc) is 3.00. The minimum atomic E-state index is -0.345. The first kappa shape index (κ1) is 13.8. The van der Waals surface area contributed by atoms with Crippen LogP contribution in [-0.4, -0.2) is 50.7 Å². The van der Waals surface area contributed by atoms with Crippen LogP contribution in [0, 0.1) is 5.82 Å². The number of fused-ring (bicyclic) bond motifs is 1. The Hall–Kier alpha value is -2.81. The van der Waals surface area contributed by atoms with E-state index < -0.39 is 0 Å². The normalized spacial score (nSPS) is 15.3. The van der Waals surface area contributed by atoms with Gasteiger partial charge in [0.15, 0.2) is 5.82 Å². The van der Waals surface area contributed by atoms with Gasteiger partial charge in [-0.05, 0) is 12.1 Å². The number of nitrogens with two attached hydrogens (primary N) is 1. The highest BCUT2D eigenvalue weighted by Gasteiger charge is 2.17. The Morgan fingerprint density at radius 1 is 1.13 bits per heavy atom. The number of hydrogen-bond acceptors (Lipinski definition) is 7. The molecule has 2 aromatic heterocycles. The summed E-state index contributed by atoms with van der Waals surface area (Å²) in [6, 6.07) is 6.09. The first-order valence-corrected chi connectivity index (χ1v) is 7.32. The van der Waals surface area contributed by atoms with Gasteiger partial charge in [0.1, 0.15) is 5.82 Å². The first-order valence-electron chi connectivity index (χ1n) is 7.32. The largest absolute Gasteiger partial charge is 0.368 e. The molecule has 4 rings (SSSR count). The standard InChI is InChI=1S/C14H15FN8/c15-10-3-1-2-9(8-10)11-18-14-20-13(19-12(16)23(14)21-11)22-6-4-17-5-7-22/h1-3,8,17H,4-7H2,(H2,16,18,19,20,21). The fraction of sp³-hybridized carbons (Fsp3) is 0.286. The number of aromatic nitrogens is 5. The van der Waals surface area contributed by atoms with Gasteiger partial charge in [-0.25, -0.2) is 4.39 Å². The zero-order chi connectivity index (χ0) is 15.8. The van der Waals surface area contributed by atoms with E-state index in [1.165, 1.54) is 16.6 Å². The molecule has 1 fully saturated rings. The lowest BCUT2D eigenvalue weighted by Crippen LogP contribution is -2.44. The molecule has 118 valence electrons. The van der Waals surface area contributed by atoms with Crippen molar-refractivity contribution in [3.63, 3.8) is 0 Å². The van der Waals surface area contributed by atoms with Gasteiger partial charge in [-0.3, -0.25) is 0 Å². The molecule has 0 saturated carbocycles. The maximum absolute atomic E-state index is 13.4. The van der Waals surface area contributed by atoms with E-state index in [2.05, 4.69) is 25.4 Å². The summed E-state index contributed by atoms with van der Waals surface area (Å²) in [7, 11) is 0. The molecule has 0 unspecified atom stereocenters. The van der Waals surface area contributed by atoms with Crippen molar-refractivity contribution in [2.45, 2.75) is 0 Å². The highest BCUT2D eigenvalue weighted by Crippen LogP contribution is 2.19. The highest BCUT2D eigenvalue weighted by atomic mass is 19.1. The van der Waals surface area contributed by atoms with E-state index >= 15 is 0 Å². The smallest absolute Gasteiger partial charge is 0.259 e. The molecule has 1 aliphatic heterocycles. The second-order valence-electron chi connectivity index (χ2n) is 5.28. The molecular weight excluding hydrogens is 299 g/mol. The summed E-state index contributed by atoms with van der Waals surface area (Å²) in [5, 5.41) is 7.54. The van der Waals surface area contributed by atoms with Crippen molar-refractivity contribution in [3.05, 3.63) is 30.1 Å². The monoisotopic (exact) mass is 314 g/mol. The van der Waals surface area contributed by atoms with E-state index in [1.807, 2.05) is 4.90 Å². The van der Waals surface area contributed by atoms with Crippen molar-refractivity contribution < 1.29 is 4.39 Å². The molecule has 23 heavy (non-hydrogen) atoms. The van der Waals surface area contributed by atoms with E-state index in [-0.39, 0.29) is 11.8 Å². The fourth-order valence-corrected chi connectivity index (χ4v) is 2.55. The zero-order valence-corrected chi connectivity index (χ0v) is 12.3. The van der Waals surface area contributed by atoms with Crippen molar-refractivity contribution in [2.24, 2.45) is 0 Å². The van der Waals surface area contributed by atoms with Crippen molar-refractivity contribution in [1.82, 2.24) is 29.9 Å². The van der Waals surface area contributed by atoms with Crippen LogP contribution in [0.3, 0.4) is 0 Å². The number of anilines is 2. The predicted octanol–water partition coefficient (Wildman–Crippen LogP) is 0.317. The second-order valence-corrected chi connectivity index (χ2v) is 5.28. The number of halogens is 1. The average molecular weight is 314 g/mol. The quantitative estimate of drug-likeness (QED) is 0.703. The van der Waals surface area contributed by atoms with Crippen LogP contribution in [-0.2, 0) is 0 Å². The third-order valence-electron chi connectivity index (χ3n) is 3.70. The summed E-state index contributed by atoms with van der Waals surface area (Å²) in [4.78, 5) is 15.1. The van der Waals surface area contributed by atoms with Gasteiger partial charge in [-0.15, -0.1) is 5.10 Å². The Balaban J connectivity index is 1.77. The SMILES string of the molecule is Nc1nc(N2CCNCC2)nc2nc(-c3cccc(F)c3)nn12. The van der Waals surface area contributed by atoms with Crippen molar-refractivity contribution in [3.8, 4) is 11.4 Å². The minimum absolute atomic E-state index is 0.207. The molecule has 0 amide bonds. The van der Waals surface area contributed by atoms with Crippen LogP contribution >= 0.6 is 0 Å². The van der Waals surface area contributed by atoms with Crippen molar-refractivity contribution >= 4 is 17.7 Å². The van der Waals surface area contributed by atoms with Crippen LogP contribution in [0.15, 0.2) is 24.3 Å². The van der Waals surface area contributed by atoms with Gasteiger partial charge in [0, 0.05) is 31.7 Å².